The zero-order valence-electron chi connectivity index (χ0n) is 12.3. The van der Waals surface area contributed by atoms with Gasteiger partial charge in [0.1, 0.15) is 11.5 Å². The first kappa shape index (κ1) is 16.8. The second-order valence-corrected chi connectivity index (χ2v) is 6.75. The van der Waals surface area contributed by atoms with Crippen LogP contribution in [0.4, 0.5) is 0 Å². The Morgan fingerprint density at radius 3 is 2.92 bits per heavy atom. The molecule has 3 rings (SSSR count). The van der Waals surface area contributed by atoms with Crippen LogP contribution in [0.15, 0.2) is 57.4 Å². The number of carbonyl (C=O) groups is 1. The highest BCUT2D eigenvalue weighted by atomic mass is 35.5. The lowest BCUT2D eigenvalue weighted by atomic mass is 10.2. The van der Waals surface area contributed by atoms with Crippen LogP contribution in [0.25, 0.3) is 11.3 Å². The first-order valence-corrected chi connectivity index (χ1v) is 8.65. The number of thiophene rings is 1. The van der Waals surface area contributed by atoms with Gasteiger partial charge in [-0.3, -0.25) is 4.79 Å². The molecule has 0 saturated carbocycles. The van der Waals surface area contributed by atoms with Gasteiger partial charge >= 0.3 is 0 Å². The highest BCUT2D eigenvalue weighted by molar-refractivity contribution is 7.10. The van der Waals surface area contributed by atoms with Gasteiger partial charge in [0.05, 0.1) is 17.7 Å². The number of nitrogens with one attached hydrogen (secondary N) is 1. The van der Waals surface area contributed by atoms with Crippen molar-refractivity contribution in [3.8, 4) is 11.3 Å². The number of benzene rings is 1. The second kappa shape index (κ2) is 7.66. The van der Waals surface area contributed by atoms with Crippen LogP contribution in [0.3, 0.4) is 0 Å². The van der Waals surface area contributed by atoms with Gasteiger partial charge in [-0.25, -0.2) is 5.43 Å². The standard InChI is InChI=1S/C17H12Cl2N2O2S/c18-11-3-5-15(19)14(8-11)16-6-4-12(23-16)10-20-21-17(22)9-13-2-1-7-24-13/h1-8,10H,9H2,(H,21,22)/b20-10-. The number of furan rings is 1. The Bertz CT molecular complexity index is 873. The smallest absolute Gasteiger partial charge is 0.245 e. The number of nitrogens with zero attached hydrogens (tertiary/aromatic N) is 1. The SMILES string of the molecule is O=C(Cc1cccs1)N/N=C\c1ccc(-c2cc(Cl)ccc2Cl)o1. The molecule has 122 valence electrons. The minimum atomic E-state index is -0.182. The third-order valence-electron chi connectivity index (χ3n) is 3.12. The van der Waals surface area contributed by atoms with E-state index < -0.39 is 0 Å². The maximum Gasteiger partial charge on any atom is 0.245 e. The quantitative estimate of drug-likeness (QED) is 0.501. The van der Waals surface area contributed by atoms with Gasteiger partial charge in [0.15, 0.2) is 0 Å². The van der Waals surface area contributed by atoms with Crippen molar-refractivity contribution in [2.24, 2.45) is 5.10 Å². The highest BCUT2D eigenvalue weighted by Crippen LogP contribution is 2.31. The molecule has 0 aliphatic carbocycles. The van der Waals surface area contributed by atoms with Gasteiger partial charge in [0.2, 0.25) is 5.91 Å². The zero-order chi connectivity index (χ0) is 16.9. The molecule has 2 heterocycles. The minimum absolute atomic E-state index is 0.182. The molecule has 0 atom stereocenters. The molecule has 1 amide bonds. The summed E-state index contributed by atoms with van der Waals surface area (Å²) >= 11 is 13.7. The van der Waals surface area contributed by atoms with E-state index in [2.05, 4.69) is 10.5 Å². The van der Waals surface area contributed by atoms with Gasteiger partial charge in [-0.2, -0.15) is 5.10 Å². The first-order chi connectivity index (χ1) is 11.6. The fourth-order valence-corrected chi connectivity index (χ4v) is 3.12. The number of rotatable bonds is 5. The number of hydrazone groups is 1. The summed E-state index contributed by atoms with van der Waals surface area (Å²) in [5, 5.41) is 6.94. The fraction of sp³-hybridized carbons (Fsp3) is 0.0588. The van der Waals surface area contributed by atoms with E-state index in [4.69, 9.17) is 27.6 Å². The largest absolute Gasteiger partial charge is 0.455 e. The molecule has 0 spiro atoms. The predicted octanol–water partition coefficient (Wildman–Crippen LogP) is 5.01. The van der Waals surface area contributed by atoms with Crippen molar-refractivity contribution in [1.82, 2.24) is 5.43 Å². The molecular formula is C17H12Cl2N2O2S. The zero-order valence-corrected chi connectivity index (χ0v) is 14.7. The van der Waals surface area contributed by atoms with E-state index in [1.54, 1.807) is 30.3 Å². The third-order valence-corrected chi connectivity index (χ3v) is 4.56. The van der Waals surface area contributed by atoms with Gasteiger partial charge in [0, 0.05) is 15.5 Å². The normalized spacial score (nSPS) is 11.1. The number of amides is 1. The Kier molecular flexibility index (Phi) is 5.35. The Morgan fingerprint density at radius 1 is 1.25 bits per heavy atom. The molecule has 7 heteroatoms. The lowest BCUT2D eigenvalue weighted by molar-refractivity contribution is -0.120. The first-order valence-electron chi connectivity index (χ1n) is 7.01. The molecule has 0 bridgehead atoms. The van der Waals surface area contributed by atoms with Gasteiger partial charge in [-0.05, 0) is 41.8 Å². The number of halogens is 2. The average molecular weight is 379 g/mol. The Hall–Kier alpha value is -2.08. The number of carbonyl (C=O) groups excluding carboxylic acids is 1. The van der Waals surface area contributed by atoms with Crippen molar-refractivity contribution in [2.45, 2.75) is 6.42 Å². The second-order valence-electron chi connectivity index (χ2n) is 4.88. The van der Waals surface area contributed by atoms with Crippen molar-refractivity contribution in [2.75, 3.05) is 0 Å². The molecular weight excluding hydrogens is 367 g/mol. The van der Waals surface area contributed by atoms with Crippen LogP contribution in [-0.4, -0.2) is 12.1 Å². The molecule has 0 unspecified atom stereocenters. The minimum Gasteiger partial charge on any atom is -0.455 e. The van der Waals surface area contributed by atoms with Crippen LogP contribution >= 0.6 is 34.5 Å². The molecule has 1 aromatic carbocycles. The monoisotopic (exact) mass is 378 g/mol. The van der Waals surface area contributed by atoms with Gasteiger partial charge in [-0.15, -0.1) is 11.3 Å². The summed E-state index contributed by atoms with van der Waals surface area (Å²) in [5.41, 5.74) is 3.17. The topological polar surface area (TPSA) is 54.6 Å². The molecule has 2 aromatic heterocycles. The van der Waals surface area contributed by atoms with Gasteiger partial charge < -0.3 is 4.42 Å². The molecule has 0 aliphatic heterocycles. The maximum atomic E-state index is 11.7. The Morgan fingerprint density at radius 2 is 2.12 bits per heavy atom. The molecule has 4 nitrogen and oxygen atoms in total. The highest BCUT2D eigenvalue weighted by Gasteiger charge is 2.09. The summed E-state index contributed by atoms with van der Waals surface area (Å²) in [4.78, 5) is 12.7. The number of hydrogen-bond acceptors (Lipinski definition) is 4. The average Bonchev–Trinajstić information content (AvgIpc) is 3.21. The molecule has 3 aromatic rings. The summed E-state index contributed by atoms with van der Waals surface area (Å²) in [7, 11) is 0. The molecule has 0 fully saturated rings. The summed E-state index contributed by atoms with van der Waals surface area (Å²) in [5.74, 6) is 0.893. The van der Waals surface area contributed by atoms with E-state index in [-0.39, 0.29) is 5.91 Å². The van der Waals surface area contributed by atoms with E-state index in [9.17, 15) is 4.79 Å². The third kappa shape index (κ3) is 4.26. The van der Waals surface area contributed by atoms with Crippen molar-refractivity contribution in [3.63, 3.8) is 0 Å². The van der Waals surface area contributed by atoms with Gasteiger partial charge in [-0.1, -0.05) is 29.3 Å². The van der Waals surface area contributed by atoms with Crippen LogP contribution in [0.5, 0.6) is 0 Å². The van der Waals surface area contributed by atoms with E-state index in [1.807, 2.05) is 17.5 Å². The molecule has 0 saturated heterocycles. The maximum absolute atomic E-state index is 11.7. The Balaban J connectivity index is 1.63. The Labute approximate surface area is 152 Å². The predicted molar refractivity (Wildman–Crippen MR) is 97.9 cm³/mol. The van der Waals surface area contributed by atoms with Crippen LogP contribution in [0.2, 0.25) is 10.0 Å². The van der Waals surface area contributed by atoms with Crippen molar-refractivity contribution in [1.29, 1.82) is 0 Å². The van der Waals surface area contributed by atoms with Gasteiger partial charge in [0.25, 0.3) is 0 Å². The molecule has 0 radical (unpaired) electrons. The fourth-order valence-electron chi connectivity index (χ4n) is 2.03. The van der Waals surface area contributed by atoms with Crippen molar-refractivity contribution in [3.05, 3.63) is 68.5 Å². The van der Waals surface area contributed by atoms with E-state index >= 15 is 0 Å². The lowest BCUT2D eigenvalue weighted by Crippen LogP contribution is -2.19. The lowest BCUT2D eigenvalue weighted by Gasteiger charge is -2.01. The van der Waals surface area contributed by atoms with Crippen molar-refractivity contribution < 1.29 is 9.21 Å². The van der Waals surface area contributed by atoms with E-state index in [0.29, 0.717) is 33.6 Å². The van der Waals surface area contributed by atoms with Crippen LogP contribution in [0, 0.1) is 0 Å². The molecule has 0 aliphatic rings. The summed E-state index contributed by atoms with van der Waals surface area (Å²) < 4.78 is 5.65. The van der Waals surface area contributed by atoms with Crippen LogP contribution < -0.4 is 5.43 Å². The summed E-state index contributed by atoms with van der Waals surface area (Å²) in [6.07, 6.45) is 1.74. The van der Waals surface area contributed by atoms with Crippen LogP contribution in [0.1, 0.15) is 10.6 Å². The number of hydrogen-bond donors (Lipinski definition) is 1. The van der Waals surface area contributed by atoms with Crippen LogP contribution in [-0.2, 0) is 11.2 Å². The summed E-state index contributed by atoms with van der Waals surface area (Å²) in [6.45, 7) is 0. The van der Waals surface area contributed by atoms with E-state index in [0.717, 1.165) is 4.88 Å². The summed E-state index contributed by atoms with van der Waals surface area (Å²) in [6, 6.07) is 12.5. The molecule has 1 N–H and O–H groups in total. The van der Waals surface area contributed by atoms with Crippen molar-refractivity contribution >= 4 is 46.7 Å². The molecule has 24 heavy (non-hydrogen) atoms. The van der Waals surface area contributed by atoms with E-state index in [1.165, 1.54) is 17.6 Å².